The van der Waals surface area contributed by atoms with Crippen LogP contribution in [0.25, 0.3) is 0 Å². The molecule has 102 valence electrons. The van der Waals surface area contributed by atoms with E-state index < -0.39 is 12.6 Å². The Morgan fingerprint density at radius 2 is 2.17 bits per heavy atom. The molecule has 1 aromatic rings. The van der Waals surface area contributed by atoms with E-state index in [0.717, 1.165) is 5.69 Å². The molecule has 0 unspecified atom stereocenters. The fraction of sp³-hybridized carbons (Fsp3) is 0.600. The summed E-state index contributed by atoms with van der Waals surface area (Å²) in [5, 5.41) is 9.49. The third-order valence-corrected chi connectivity index (χ3v) is 2.28. The molecule has 0 aliphatic carbocycles. The van der Waals surface area contributed by atoms with Crippen molar-refractivity contribution in [1.82, 2.24) is 20.4 Å². The third-order valence-electron chi connectivity index (χ3n) is 2.28. The highest BCUT2D eigenvalue weighted by atomic mass is 19.4. The van der Waals surface area contributed by atoms with E-state index in [1.807, 2.05) is 6.07 Å². The van der Waals surface area contributed by atoms with Gasteiger partial charge in [-0.05, 0) is 6.07 Å². The summed E-state index contributed by atoms with van der Waals surface area (Å²) in [4.78, 5) is 3.83. The molecule has 1 heterocycles. The molecule has 0 saturated heterocycles. The topological polar surface area (TPSA) is 54.2 Å². The van der Waals surface area contributed by atoms with Crippen LogP contribution in [0.4, 0.5) is 13.2 Å². The minimum atomic E-state index is -4.16. The highest BCUT2D eigenvalue weighted by Gasteiger charge is 2.26. The van der Waals surface area contributed by atoms with Crippen molar-refractivity contribution in [2.24, 2.45) is 12.0 Å². The SMILES string of the molecule is CN=C(NCCC(F)(F)F)NCc1ccnn1C. The second-order valence-electron chi connectivity index (χ2n) is 3.66. The van der Waals surface area contributed by atoms with Crippen molar-refractivity contribution >= 4 is 5.96 Å². The number of hydrogen-bond donors (Lipinski definition) is 2. The molecule has 0 radical (unpaired) electrons. The summed E-state index contributed by atoms with van der Waals surface area (Å²) in [5.74, 6) is 0.334. The minimum Gasteiger partial charge on any atom is -0.356 e. The Labute approximate surface area is 103 Å². The number of nitrogens with zero attached hydrogens (tertiary/aromatic N) is 3. The van der Waals surface area contributed by atoms with Gasteiger partial charge in [-0.25, -0.2) is 0 Å². The molecule has 5 nitrogen and oxygen atoms in total. The van der Waals surface area contributed by atoms with Crippen LogP contribution in [0.5, 0.6) is 0 Å². The van der Waals surface area contributed by atoms with E-state index in [4.69, 9.17) is 0 Å². The number of aromatic nitrogens is 2. The van der Waals surface area contributed by atoms with E-state index in [-0.39, 0.29) is 6.54 Å². The number of nitrogens with one attached hydrogen (secondary N) is 2. The predicted octanol–water partition coefficient (Wildman–Crippen LogP) is 1.04. The van der Waals surface area contributed by atoms with Crippen molar-refractivity contribution in [3.05, 3.63) is 18.0 Å². The molecule has 1 aromatic heterocycles. The molecule has 0 aromatic carbocycles. The van der Waals surface area contributed by atoms with Crippen LogP contribution >= 0.6 is 0 Å². The smallest absolute Gasteiger partial charge is 0.356 e. The first-order chi connectivity index (χ1) is 8.42. The van der Waals surface area contributed by atoms with E-state index in [1.165, 1.54) is 7.05 Å². The zero-order chi connectivity index (χ0) is 13.6. The Morgan fingerprint density at radius 1 is 1.44 bits per heavy atom. The minimum absolute atomic E-state index is 0.200. The summed E-state index contributed by atoms with van der Waals surface area (Å²) >= 11 is 0. The molecular weight excluding hydrogens is 247 g/mol. The van der Waals surface area contributed by atoms with Crippen molar-refractivity contribution in [1.29, 1.82) is 0 Å². The van der Waals surface area contributed by atoms with E-state index in [2.05, 4.69) is 20.7 Å². The Balaban J connectivity index is 2.33. The van der Waals surface area contributed by atoms with Crippen LogP contribution in [0.1, 0.15) is 12.1 Å². The predicted molar refractivity (Wildman–Crippen MR) is 62.1 cm³/mol. The summed E-state index contributed by atoms with van der Waals surface area (Å²) in [5.41, 5.74) is 0.911. The number of guanidine groups is 1. The molecule has 1 rings (SSSR count). The summed E-state index contributed by atoms with van der Waals surface area (Å²) in [6, 6.07) is 1.82. The highest BCUT2D eigenvalue weighted by molar-refractivity contribution is 5.79. The fourth-order valence-electron chi connectivity index (χ4n) is 1.29. The number of rotatable bonds is 4. The summed E-state index contributed by atoms with van der Waals surface area (Å²) in [6.45, 7) is 0.247. The second kappa shape index (κ2) is 6.27. The largest absolute Gasteiger partial charge is 0.390 e. The van der Waals surface area contributed by atoms with Gasteiger partial charge in [0.05, 0.1) is 18.7 Å². The van der Waals surface area contributed by atoms with Crippen LogP contribution in [0.2, 0.25) is 0 Å². The lowest BCUT2D eigenvalue weighted by Crippen LogP contribution is -2.38. The maximum atomic E-state index is 12.0. The maximum Gasteiger partial charge on any atom is 0.390 e. The summed E-state index contributed by atoms with van der Waals surface area (Å²) in [6.07, 6.45) is -3.40. The zero-order valence-corrected chi connectivity index (χ0v) is 10.3. The van der Waals surface area contributed by atoms with Gasteiger partial charge in [0.15, 0.2) is 5.96 Å². The van der Waals surface area contributed by atoms with Crippen molar-refractivity contribution in [3.63, 3.8) is 0 Å². The first-order valence-electron chi connectivity index (χ1n) is 5.40. The fourth-order valence-corrected chi connectivity index (χ4v) is 1.29. The Hall–Kier alpha value is -1.73. The van der Waals surface area contributed by atoms with Gasteiger partial charge in [0.2, 0.25) is 0 Å². The van der Waals surface area contributed by atoms with Crippen molar-refractivity contribution in [2.75, 3.05) is 13.6 Å². The lowest BCUT2D eigenvalue weighted by molar-refractivity contribution is -0.132. The van der Waals surface area contributed by atoms with Crippen molar-refractivity contribution in [3.8, 4) is 0 Å². The van der Waals surface area contributed by atoms with E-state index in [1.54, 1.807) is 17.9 Å². The van der Waals surface area contributed by atoms with Gasteiger partial charge < -0.3 is 10.6 Å². The number of aryl methyl sites for hydroxylation is 1. The standard InChI is InChI=1S/C10H16F3N5/c1-14-9(15-6-4-10(11,12)13)16-7-8-3-5-17-18(8)2/h3,5H,4,6-7H2,1-2H3,(H2,14,15,16). The molecule has 18 heavy (non-hydrogen) atoms. The lowest BCUT2D eigenvalue weighted by Gasteiger charge is -2.12. The third kappa shape index (κ3) is 5.07. The highest BCUT2D eigenvalue weighted by Crippen LogP contribution is 2.17. The maximum absolute atomic E-state index is 12.0. The molecule has 0 aliphatic rings. The lowest BCUT2D eigenvalue weighted by atomic mass is 10.4. The molecule has 8 heteroatoms. The van der Waals surface area contributed by atoms with Gasteiger partial charge in [-0.2, -0.15) is 18.3 Å². The molecule has 0 aliphatic heterocycles. The van der Waals surface area contributed by atoms with Crippen LogP contribution in [0, 0.1) is 0 Å². The normalized spacial score (nSPS) is 12.6. The van der Waals surface area contributed by atoms with E-state index in [9.17, 15) is 13.2 Å². The van der Waals surface area contributed by atoms with Gasteiger partial charge >= 0.3 is 6.18 Å². The molecule has 0 amide bonds. The first kappa shape index (κ1) is 14.3. The van der Waals surface area contributed by atoms with Gasteiger partial charge in [-0.3, -0.25) is 9.67 Å². The summed E-state index contributed by atoms with van der Waals surface area (Å²) in [7, 11) is 3.29. The van der Waals surface area contributed by atoms with E-state index >= 15 is 0 Å². The number of aliphatic imine (C=N–C) groups is 1. The average molecular weight is 263 g/mol. The Kier molecular flexibility index (Phi) is 4.99. The molecule has 0 saturated carbocycles. The quantitative estimate of drug-likeness (QED) is 0.630. The summed E-state index contributed by atoms with van der Waals surface area (Å²) < 4.78 is 37.6. The average Bonchev–Trinajstić information content (AvgIpc) is 2.67. The Morgan fingerprint density at radius 3 is 2.67 bits per heavy atom. The van der Waals surface area contributed by atoms with Gasteiger partial charge in [-0.1, -0.05) is 0 Å². The molecular formula is C10H16F3N5. The number of hydrogen-bond acceptors (Lipinski definition) is 2. The number of halogens is 3. The van der Waals surface area contributed by atoms with Gasteiger partial charge in [0.25, 0.3) is 0 Å². The molecule has 0 atom stereocenters. The molecule has 0 fully saturated rings. The molecule has 2 N–H and O–H groups in total. The van der Waals surface area contributed by atoms with Crippen LogP contribution in [-0.4, -0.2) is 35.5 Å². The van der Waals surface area contributed by atoms with Crippen LogP contribution < -0.4 is 10.6 Å². The van der Waals surface area contributed by atoms with Crippen LogP contribution in [0.3, 0.4) is 0 Å². The molecule has 0 bridgehead atoms. The van der Waals surface area contributed by atoms with Crippen LogP contribution in [0.15, 0.2) is 17.3 Å². The number of alkyl halides is 3. The van der Waals surface area contributed by atoms with Crippen molar-refractivity contribution < 1.29 is 13.2 Å². The Bertz CT molecular complexity index is 396. The van der Waals surface area contributed by atoms with Gasteiger partial charge in [0, 0.05) is 26.8 Å². The monoisotopic (exact) mass is 263 g/mol. The first-order valence-corrected chi connectivity index (χ1v) is 5.40. The van der Waals surface area contributed by atoms with E-state index in [0.29, 0.717) is 12.5 Å². The van der Waals surface area contributed by atoms with Crippen molar-refractivity contribution in [2.45, 2.75) is 19.1 Å². The zero-order valence-electron chi connectivity index (χ0n) is 10.3. The molecule has 0 spiro atoms. The van der Waals surface area contributed by atoms with Crippen LogP contribution in [-0.2, 0) is 13.6 Å². The van der Waals surface area contributed by atoms with Gasteiger partial charge in [0.1, 0.15) is 0 Å². The van der Waals surface area contributed by atoms with Gasteiger partial charge in [-0.15, -0.1) is 0 Å². The second-order valence-corrected chi connectivity index (χ2v) is 3.66.